The van der Waals surface area contributed by atoms with Gasteiger partial charge in [0.05, 0.1) is 25.6 Å². The first kappa shape index (κ1) is 29.0. The molecule has 2 N–H and O–H groups in total. The molecule has 5 atom stereocenters. The lowest BCUT2D eigenvalue weighted by molar-refractivity contribution is -0.154. The number of hydrogen-bond acceptors (Lipinski definition) is 12. The molecule has 0 unspecified atom stereocenters. The SMILES string of the molecule is COC(=O)C1=C[C@H](N=[N+]=[N-])[C@@H](NC(C)=O)[C@H]([C@H](OC(=O)NCCC(=O)OC(C)(C)C)[C@H]2COC(=O)O2)O1. The van der Waals surface area contributed by atoms with Crippen molar-refractivity contribution in [1.29, 1.82) is 0 Å². The monoisotopic (exact) mass is 527 g/mol. The largest absolute Gasteiger partial charge is 0.508 e. The molecule has 0 aliphatic carbocycles. The Hall–Kier alpha value is -4.20. The smallest absolute Gasteiger partial charge is 0.477 e. The number of carbonyl (C=O) groups excluding carboxylic acids is 5. The molecule has 16 heteroatoms. The number of azide groups is 1. The average Bonchev–Trinajstić information content (AvgIpc) is 3.22. The molecule has 0 radical (unpaired) electrons. The highest BCUT2D eigenvalue weighted by molar-refractivity contribution is 5.86. The number of amides is 2. The van der Waals surface area contributed by atoms with Crippen LogP contribution < -0.4 is 10.6 Å². The van der Waals surface area contributed by atoms with Gasteiger partial charge < -0.3 is 39.1 Å². The molecule has 0 aromatic rings. The topological polar surface area (TPSA) is 214 Å². The molecule has 204 valence electrons. The van der Waals surface area contributed by atoms with Crippen molar-refractivity contribution in [3.05, 3.63) is 22.3 Å². The maximum absolute atomic E-state index is 12.6. The quantitative estimate of drug-likeness (QED) is 0.142. The second-order valence-electron chi connectivity index (χ2n) is 8.88. The lowest BCUT2D eigenvalue weighted by atomic mass is 9.92. The van der Waals surface area contributed by atoms with Crippen molar-refractivity contribution in [2.45, 2.75) is 70.1 Å². The Kier molecular flexibility index (Phi) is 9.94. The minimum atomic E-state index is -1.48. The number of nitrogens with one attached hydrogen (secondary N) is 2. The summed E-state index contributed by atoms with van der Waals surface area (Å²) in [5, 5.41) is 8.49. The molecule has 2 amide bonds. The van der Waals surface area contributed by atoms with E-state index in [4.69, 9.17) is 29.2 Å². The number of nitrogens with zero attached hydrogens (tertiary/aromatic N) is 3. The van der Waals surface area contributed by atoms with E-state index >= 15 is 0 Å². The summed E-state index contributed by atoms with van der Waals surface area (Å²) in [5.74, 6) is -2.46. The second-order valence-corrected chi connectivity index (χ2v) is 8.88. The highest BCUT2D eigenvalue weighted by Crippen LogP contribution is 2.29. The summed E-state index contributed by atoms with van der Waals surface area (Å²) in [6.45, 7) is 5.75. The average molecular weight is 527 g/mol. The van der Waals surface area contributed by atoms with Crippen molar-refractivity contribution >= 4 is 30.1 Å². The van der Waals surface area contributed by atoms with E-state index < -0.39 is 71.9 Å². The number of alkyl carbamates (subject to hydrolysis) is 1. The highest BCUT2D eigenvalue weighted by atomic mass is 16.8. The fourth-order valence-electron chi connectivity index (χ4n) is 3.45. The summed E-state index contributed by atoms with van der Waals surface area (Å²) in [6, 6.07) is -2.35. The van der Waals surface area contributed by atoms with Crippen LogP contribution in [0, 0.1) is 0 Å². The molecule has 2 aliphatic rings. The van der Waals surface area contributed by atoms with Gasteiger partial charge in [-0.25, -0.2) is 14.4 Å². The minimum absolute atomic E-state index is 0.156. The van der Waals surface area contributed by atoms with Crippen molar-refractivity contribution in [2.75, 3.05) is 20.3 Å². The van der Waals surface area contributed by atoms with E-state index in [1.807, 2.05) is 0 Å². The molecular formula is C21H29N5O11. The Balaban J connectivity index is 2.29. The second kappa shape index (κ2) is 12.7. The van der Waals surface area contributed by atoms with Gasteiger partial charge in [-0.1, -0.05) is 5.11 Å². The Morgan fingerprint density at radius 3 is 2.51 bits per heavy atom. The van der Waals surface area contributed by atoms with Crippen LogP contribution in [-0.4, -0.2) is 86.4 Å². The molecule has 0 bridgehead atoms. The van der Waals surface area contributed by atoms with Crippen molar-refractivity contribution in [1.82, 2.24) is 10.6 Å². The molecule has 16 nitrogen and oxygen atoms in total. The minimum Gasteiger partial charge on any atom is -0.477 e. The molecule has 2 heterocycles. The first-order valence-electron chi connectivity index (χ1n) is 11.1. The Morgan fingerprint density at radius 1 is 1.27 bits per heavy atom. The van der Waals surface area contributed by atoms with Crippen LogP contribution in [0.4, 0.5) is 9.59 Å². The molecular weight excluding hydrogens is 498 g/mol. The summed E-state index contributed by atoms with van der Waals surface area (Å²) in [5.41, 5.74) is 8.31. The van der Waals surface area contributed by atoms with Gasteiger partial charge in [-0.2, -0.15) is 0 Å². The van der Waals surface area contributed by atoms with E-state index in [1.165, 1.54) is 6.92 Å². The zero-order valence-electron chi connectivity index (χ0n) is 20.9. The molecule has 2 rings (SSSR count). The Labute approximate surface area is 211 Å². The fraction of sp³-hybridized carbons (Fsp3) is 0.667. The van der Waals surface area contributed by atoms with Gasteiger partial charge >= 0.3 is 24.2 Å². The highest BCUT2D eigenvalue weighted by Gasteiger charge is 2.49. The summed E-state index contributed by atoms with van der Waals surface area (Å²) >= 11 is 0. The van der Waals surface area contributed by atoms with Crippen LogP contribution in [0.1, 0.15) is 34.1 Å². The first-order valence-corrected chi connectivity index (χ1v) is 11.1. The Morgan fingerprint density at radius 2 is 1.97 bits per heavy atom. The molecule has 2 aliphatic heterocycles. The summed E-state index contributed by atoms with van der Waals surface area (Å²) in [6.07, 6.45) is -5.24. The van der Waals surface area contributed by atoms with E-state index in [1.54, 1.807) is 20.8 Å². The van der Waals surface area contributed by atoms with Crippen LogP contribution in [0.2, 0.25) is 0 Å². The van der Waals surface area contributed by atoms with Gasteiger partial charge in [0.1, 0.15) is 12.2 Å². The molecule has 0 aromatic heterocycles. The lowest BCUT2D eigenvalue weighted by Gasteiger charge is -2.39. The van der Waals surface area contributed by atoms with E-state index in [0.29, 0.717) is 0 Å². The number of methoxy groups -OCH3 is 1. The number of rotatable bonds is 9. The standard InChI is InChI=1S/C21H29N5O11/c1-10(27)24-15-11(25-26-22)8-12(18(29)32-5)34-17(15)16(13-9-33-20(31)35-13)36-19(30)23-7-6-14(28)37-21(2,3)4/h8,11,13,15-17H,6-7,9H2,1-5H3,(H,23,30)(H,24,27)/t11-,13+,15+,16+,17+/m0/s1. The van der Waals surface area contributed by atoms with Crippen LogP contribution in [0.15, 0.2) is 16.9 Å². The normalized spacial score (nSPS) is 23.5. The number of carbonyl (C=O) groups is 5. The van der Waals surface area contributed by atoms with E-state index in [2.05, 4.69) is 25.4 Å². The van der Waals surface area contributed by atoms with Crippen molar-refractivity contribution in [2.24, 2.45) is 5.11 Å². The van der Waals surface area contributed by atoms with Crippen molar-refractivity contribution < 1.29 is 52.4 Å². The van der Waals surface area contributed by atoms with Gasteiger partial charge in [0, 0.05) is 18.4 Å². The van der Waals surface area contributed by atoms with Crippen molar-refractivity contribution in [3.8, 4) is 0 Å². The van der Waals surface area contributed by atoms with Crippen LogP contribution in [0.3, 0.4) is 0 Å². The number of hydrogen-bond donors (Lipinski definition) is 2. The molecule has 0 spiro atoms. The van der Waals surface area contributed by atoms with Gasteiger partial charge in [-0.15, -0.1) is 0 Å². The molecule has 37 heavy (non-hydrogen) atoms. The zero-order valence-corrected chi connectivity index (χ0v) is 20.9. The van der Waals surface area contributed by atoms with E-state index in [0.717, 1.165) is 13.2 Å². The van der Waals surface area contributed by atoms with E-state index in [9.17, 15) is 24.0 Å². The maximum atomic E-state index is 12.6. The van der Waals surface area contributed by atoms with Gasteiger partial charge in [0.25, 0.3) is 0 Å². The number of cyclic esters (lactones) is 2. The van der Waals surface area contributed by atoms with Crippen molar-refractivity contribution in [3.63, 3.8) is 0 Å². The summed E-state index contributed by atoms with van der Waals surface area (Å²) in [4.78, 5) is 63.0. The zero-order chi connectivity index (χ0) is 27.8. The van der Waals surface area contributed by atoms with Gasteiger partial charge in [-0.05, 0) is 32.4 Å². The predicted molar refractivity (Wildman–Crippen MR) is 120 cm³/mol. The molecule has 1 saturated heterocycles. The first-order chi connectivity index (χ1) is 17.3. The predicted octanol–water partition coefficient (Wildman–Crippen LogP) is 0.988. The van der Waals surface area contributed by atoms with E-state index in [-0.39, 0.29) is 19.6 Å². The van der Waals surface area contributed by atoms with Crippen LogP contribution in [0.25, 0.3) is 10.4 Å². The van der Waals surface area contributed by atoms with Gasteiger partial charge in [-0.3, -0.25) is 9.59 Å². The third-order valence-corrected chi connectivity index (χ3v) is 4.81. The molecule has 0 aromatic carbocycles. The maximum Gasteiger partial charge on any atom is 0.508 e. The third kappa shape index (κ3) is 8.75. The van der Waals surface area contributed by atoms with Crippen LogP contribution in [0.5, 0.6) is 0 Å². The fourth-order valence-corrected chi connectivity index (χ4v) is 3.45. The third-order valence-electron chi connectivity index (χ3n) is 4.81. The number of ether oxygens (including phenoxy) is 6. The summed E-state index contributed by atoms with van der Waals surface area (Å²) < 4.78 is 30.9. The summed E-state index contributed by atoms with van der Waals surface area (Å²) in [7, 11) is 1.09. The lowest BCUT2D eigenvalue weighted by Crippen LogP contribution is -2.60. The van der Waals surface area contributed by atoms with Crippen LogP contribution >= 0.6 is 0 Å². The molecule has 0 saturated carbocycles. The van der Waals surface area contributed by atoms with Crippen LogP contribution in [-0.2, 0) is 42.8 Å². The molecule has 1 fully saturated rings. The van der Waals surface area contributed by atoms with Gasteiger partial charge in [0.15, 0.2) is 18.3 Å². The van der Waals surface area contributed by atoms with Gasteiger partial charge in [0.2, 0.25) is 11.7 Å². The Bertz CT molecular complexity index is 986. The number of esters is 2.